The molecule has 2 aliphatic carbocycles. The molecular formula is C98H71BrN2. The molecule has 0 aliphatic heterocycles. The Morgan fingerprint density at radius 3 is 1.10 bits per heavy atom. The summed E-state index contributed by atoms with van der Waals surface area (Å²) < 4.78 is 1.16. The first-order chi connectivity index (χ1) is 49.5. The van der Waals surface area contributed by atoms with Crippen LogP contribution in [0.1, 0.15) is 49.9 Å². The SMILES string of the molecule is CC1(C)c2ccccc2-c2ccc(Br)cc21.CC1(C)c2ccccc2-c2ccc(N(c3ccc(-c4cc5ccccc5c5ccccc45)cc3)c3cc4ccccc4c4ccccc34)cc21.c1ccc2c(c1)cc(Nc1ccc(-c3cc4ccccc4c4ccccc34)cc1)c1ccccc12. The molecule has 0 bridgehead atoms. The van der Waals surface area contributed by atoms with E-state index in [1.807, 2.05) is 0 Å². The molecule has 0 fully saturated rings. The first kappa shape index (κ1) is 61.5. The van der Waals surface area contributed by atoms with Crippen molar-refractivity contribution >= 4 is 131 Å². The Balaban J connectivity index is 0.000000124. The largest absolute Gasteiger partial charge is 0.355 e. The van der Waals surface area contributed by atoms with E-state index in [-0.39, 0.29) is 10.8 Å². The predicted molar refractivity (Wildman–Crippen MR) is 437 cm³/mol. The number of rotatable bonds is 7. The van der Waals surface area contributed by atoms with Gasteiger partial charge in [0.25, 0.3) is 0 Å². The second kappa shape index (κ2) is 24.8. The Morgan fingerprint density at radius 2 is 0.594 bits per heavy atom. The van der Waals surface area contributed by atoms with E-state index in [2.05, 4.69) is 406 Å². The lowest BCUT2D eigenvalue weighted by molar-refractivity contribution is 0.660. The van der Waals surface area contributed by atoms with Crippen molar-refractivity contribution in [3.8, 4) is 44.5 Å². The Labute approximate surface area is 598 Å². The van der Waals surface area contributed by atoms with Gasteiger partial charge in [0.15, 0.2) is 0 Å². The molecule has 2 aliphatic rings. The molecular weight excluding hydrogens is 1280 g/mol. The molecule has 0 radical (unpaired) electrons. The normalized spacial score (nSPS) is 13.0. The molecule has 0 unspecified atom stereocenters. The van der Waals surface area contributed by atoms with Crippen LogP contribution >= 0.6 is 15.9 Å². The minimum absolute atomic E-state index is 0.0972. The van der Waals surface area contributed by atoms with Crippen molar-refractivity contribution in [3.63, 3.8) is 0 Å². The number of halogens is 1. The summed E-state index contributed by atoms with van der Waals surface area (Å²) in [5.74, 6) is 0. The lowest BCUT2D eigenvalue weighted by atomic mass is 9.82. The van der Waals surface area contributed by atoms with Gasteiger partial charge in [-0.25, -0.2) is 0 Å². The van der Waals surface area contributed by atoms with E-state index in [1.165, 1.54) is 159 Å². The number of benzene rings is 18. The van der Waals surface area contributed by atoms with Gasteiger partial charge in [0.1, 0.15) is 0 Å². The molecule has 101 heavy (non-hydrogen) atoms. The van der Waals surface area contributed by atoms with Gasteiger partial charge in [-0.05, 0) is 215 Å². The van der Waals surface area contributed by atoms with E-state index in [1.54, 1.807) is 0 Å². The first-order valence-corrected chi connectivity index (χ1v) is 35.9. The van der Waals surface area contributed by atoms with Crippen molar-refractivity contribution in [1.82, 2.24) is 0 Å². The number of hydrogen-bond acceptors (Lipinski definition) is 2. The second-order valence-electron chi connectivity index (χ2n) is 28.1. The van der Waals surface area contributed by atoms with Crippen molar-refractivity contribution in [1.29, 1.82) is 0 Å². The van der Waals surface area contributed by atoms with E-state index < -0.39 is 0 Å². The number of anilines is 5. The van der Waals surface area contributed by atoms with Gasteiger partial charge in [0, 0.05) is 48.8 Å². The second-order valence-corrected chi connectivity index (χ2v) is 29.0. The third-order valence-electron chi connectivity index (χ3n) is 21.6. The molecule has 0 saturated heterocycles. The summed E-state index contributed by atoms with van der Waals surface area (Å²) in [5.41, 5.74) is 21.7. The first-order valence-electron chi connectivity index (χ1n) is 35.1. The molecule has 0 amide bonds. The Morgan fingerprint density at radius 1 is 0.248 bits per heavy atom. The lowest BCUT2D eigenvalue weighted by Gasteiger charge is -2.29. The van der Waals surface area contributed by atoms with Crippen molar-refractivity contribution < 1.29 is 0 Å². The zero-order valence-corrected chi connectivity index (χ0v) is 58.4. The molecule has 0 saturated carbocycles. The van der Waals surface area contributed by atoms with Gasteiger partial charge in [0.2, 0.25) is 0 Å². The highest BCUT2D eigenvalue weighted by atomic mass is 79.9. The maximum atomic E-state index is 3.68. The fraction of sp³-hybridized carbons (Fsp3) is 0.0612. The van der Waals surface area contributed by atoms with E-state index >= 15 is 0 Å². The van der Waals surface area contributed by atoms with Gasteiger partial charge in [-0.2, -0.15) is 0 Å². The standard InChI is InChI=1S/C49H35N.C34H23N.C15H13Br/c1-49(2)46-22-12-11-20-42(46)43-28-27-36(31-47(43)49)50(48-30-34-14-4-6-16-38(34)40-18-9-10-21-44(40)48)35-25-23-32(24-26-35)45-29-33-13-3-5-15-37(33)39-17-7-8-19-41(39)45;1-3-11-27-24(9-1)21-33(31-15-6-5-13-29(27)31)23-17-19-26(20-18-23)35-34-22-25-10-2-4-12-28(25)30-14-7-8-16-32(30)34;1-15(2)13-6-4-3-5-11(13)12-8-7-10(16)9-14(12)15/h3-31H,1-2H3;1-22,35H;3-9H,1-2H3. The molecule has 3 heteroatoms. The highest BCUT2D eigenvalue weighted by Gasteiger charge is 2.37. The third-order valence-corrected chi connectivity index (χ3v) is 22.1. The molecule has 1 N–H and O–H groups in total. The van der Waals surface area contributed by atoms with E-state index in [9.17, 15) is 0 Å². The fourth-order valence-electron chi connectivity index (χ4n) is 16.6. The predicted octanol–water partition coefficient (Wildman–Crippen LogP) is 28.2. The maximum Gasteiger partial charge on any atom is 0.0546 e. The number of fused-ring (bicyclic) bond motifs is 18. The average molecular weight is 1360 g/mol. The van der Waals surface area contributed by atoms with Crippen LogP contribution < -0.4 is 10.2 Å². The van der Waals surface area contributed by atoms with Crippen LogP contribution in [0.3, 0.4) is 0 Å². The summed E-state index contributed by atoms with van der Waals surface area (Å²) in [6.45, 7) is 9.31. The highest BCUT2D eigenvalue weighted by Crippen LogP contribution is 2.53. The van der Waals surface area contributed by atoms with Crippen LogP contribution in [0.25, 0.3) is 131 Å². The molecule has 0 heterocycles. The van der Waals surface area contributed by atoms with Crippen LogP contribution in [0.2, 0.25) is 0 Å². The molecule has 0 atom stereocenters. The molecule has 0 aromatic heterocycles. The van der Waals surface area contributed by atoms with Crippen molar-refractivity contribution in [3.05, 3.63) is 379 Å². The summed E-state index contributed by atoms with van der Waals surface area (Å²) in [6.07, 6.45) is 0. The van der Waals surface area contributed by atoms with E-state index in [0.717, 1.165) is 27.2 Å². The average Bonchev–Trinajstić information content (AvgIpc) is 1.66. The third kappa shape index (κ3) is 10.6. The van der Waals surface area contributed by atoms with Crippen LogP contribution in [-0.2, 0) is 10.8 Å². The van der Waals surface area contributed by atoms with E-state index in [0.29, 0.717) is 0 Å². The summed E-state index contributed by atoms with van der Waals surface area (Å²) in [7, 11) is 0. The zero-order chi connectivity index (χ0) is 67.9. The monoisotopic (exact) mass is 1350 g/mol. The van der Waals surface area contributed by atoms with Gasteiger partial charge in [-0.3, -0.25) is 0 Å². The fourth-order valence-corrected chi connectivity index (χ4v) is 16.9. The molecule has 20 rings (SSSR count). The summed E-state index contributed by atoms with van der Waals surface area (Å²) in [5, 5.41) is 24.0. The summed E-state index contributed by atoms with van der Waals surface area (Å²) in [6, 6.07) is 128. The van der Waals surface area contributed by atoms with Gasteiger partial charge in [0.05, 0.1) is 5.69 Å². The molecule has 0 spiro atoms. The van der Waals surface area contributed by atoms with Crippen LogP contribution in [0, 0.1) is 0 Å². The van der Waals surface area contributed by atoms with E-state index in [4.69, 9.17) is 0 Å². The quantitative estimate of drug-likeness (QED) is 0.160. The minimum Gasteiger partial charge on any atom is -0.355 e. The van der Waals surface area contributed by atoms with Gasteiger partial charge < -0.3 is 10.2 Å². The Hall–Kier alpha value is -11.9. The van der Waals surface area contributed by atoms with Gasteiger partial charge in [-0.15, -0.1) is 0 Å². The van der Waals surface area contributed by atoms with Crippen molar-refractivity contribution in [2.45, 2.75) is 38.5 Å². The highest BCUT2D eigenvalue weighted by molar-refractivity contribution is 9.10. The van der Waals surface area contributed by atoms with Crippen molar-refractivity contribution in [2.24, 2.45) is 0 Å². The molecule has 2 nitrogen and oxygen atoms in total. The van der Waals surface area contributed by atoms with Crippen LogP contribution in [0.15, 0.2) is 356 Å². The number of nitrogens with one attached hydrogen (secondary N) is 1. The smallest absolute Gasteiger partial charge is 0.0546 e. The Bertz CT molecular complexity index is 6320. The lowest BCUT2D eigenvalue weighted by Crippen LogP contribution is -2.16. The van der Waals surface area contributed by atoms with Crippen molar-refractivity contribution in [2.75, 3.05) is 10.2 Å². The summed E-state index contributed by atoms with van der Waals surface area (Å²) in [4.78, 5) is 2.47. The maximum absolute atomic E-state index is 3.68. The zero-order valence-electron chi connectivity index (χ0n) is 56.8. The summed E-state index contributed by atoms with van der Waals surface area (Å²) >= 11 is 3.56. The molecule has 18 aromatic rings. The Kier molecular flexibility index (Phi) is 15.1. The number of nitrogens with zero attached hydrogens (tertiary/aromatic N) is 1. The van der Waals surface area contributed by atoms with Crippen LogP contribution in [0.4, 0.5) is 28.4 Å². The van der Waals surface area contributed by atoms with Crippen LogP contribution in [-0.4, -0.2) is 0 Å². The topological polar surface area (TPSA) is 15.3 Å². The molecule has 18 aromatic carbocycles. The van der Waals surface area contributed by atoms with Gasteiger partial charge >= 0.3 is 0 Å². The molecule has 480 valence electrons. The van der Waals surface area contributed by atoms with Gasteiger partial charge in [-0.1, -0.05) is 323 Å². The number of hydrogen-bond donors (Lipinski definition) is 1. The van der Waals surface area contributed by atoms with Crippen LogP contribution in [0.5, 0.6) is 0 Å². The minimum atomic E-state index is -0.0972.